The van der Waals surface area contributed by atoms with Crippen LogP contribution in [0.3, 0.4) is 0 Å². The molecular formula is C79H70Cl3N9O18S3. The Morgan fingerprint density at radius 3 is 1.17 bits per heavy atom. The fraction of sp³-hybridized carbons (Fsp3) is 0.291. The molecule has 3 aromatic heterocycles. The Morgan fingerprint density at radius 1 is 0.446 bits per heavy atom. The highest BCUT2D eigenvalue weighted by atomic mass is 35.5. The number of benzene rings is 6. The van der Waals surface area contributed by atoms with E-state index < -0.39 is 78.5 Å². The molecule has 6 aromatic carbocycles. The van der Waals surface area contributed by atoms with E-state index in [1.165, 1.54) is 18.2 Å². The molecule has 6 atom stereocenters. The number of amides is 3. The zero-order chi connectivity index (χ0) is 77.6. The first-order valence-corrected chi connectivity index (χ1v) is 39.8. The van der Waals surface area contributed by atoms with Gasteiger partial charge >= 0.3 is 12.3 Å². The number of fused-ring (bicyclic) bond motifs is 12. The number of pyridine rings is 3. The van der Waals surface area contributed by atoms with Gasteiger partial charge in [-0.3, -0.25) is 57.8 Å². The highest BCUT2D eigenvalue weighted by Crippen LogP contribution is 2.51. The summed E-state index contributed by atoms with van der Waals surface area (Å²) in [7, 11) is 1.16. The van der Waals surface area contributed by atoms with Crippen LogP contribution in [0.2, 0.25) is 15.1 Å². The van der Waals surface area contributed by atoms with Crippen molar-refractivity contribution < 1.29 is 71.7 Å². The predicted molar refractivity (Wildman–Crippen MR) is 416 cm³/mol. The molecule has 1 N–H and O–H groups in total. The minimum Gasteiger partial charge on any atom is -0.502 e. The average Bonchev–Trinajstić information content (AvgIpc) is 1.09. The number of thioether (sulfide) groups is 3. The van der Waals surface area contributed by atoms with Gasteiger partial charge in [0, 0.05) is 120 Å². The molecule has 3 saturated heterocycles. The third-order valence-corrected chi connectivity index (χ3v) is 24.9. The fourth-order valence-electron chi connectivity index (χ4n) is 15.7. The first kappa shape index (κ1) is 75.7. The van der Waals surface area contributed by atoms with E-state index in [2.05, 4.69) is 59.3 Å². The van der Waals surface area contributed by atoms with Crippen LogP contribution >= 0.6 is 70.1 Å². The highest BCUT2D eigenvalue weighted by molar-refractivity contribution is 7.99. The molecule has 578 valence electrons. The van der Waals surface area contributed by atoms with Gasteiger partial charge < -0.3 is 62.4 Å². The third kappa shape index (κ3) is 13.9. The Bertz CT molecular complexity index is 5420. The first-order chi connectivity index (χ1) is 54.5. The summed E-state index contributed by atoms with van der Waals surface area (Å²) >= 11 is 25.8. The summed E-state index contributed by atoms with van der Waals surface area (Å²) in [5.41, 5.74) is 7.46. The molecule has 3 fully saturated rings. The van der Waals surface area contributed by atoms with Crippen LogP contribution in [-0.4, -0.2) is 169 Å². The lowest BCUT2D eigenvalue weighted by Crippen LogP contribution is -2.66. The predicted octanol–water partition coefficient (Wildman–Crippen LogP) is 11.3. The van der Waals surface area contributed by atoms with Crippen molar-refractivity contribution in [3.8, 4) is 17.2 Å². The molecule has 12 heterocycles. The van der Waals surface area contributed by atoms with Gasteiger partial charge in [-0.25, -0.2) is 9.59 Å². The zero-order valence-electron chi connectivity index (χ0n) is 59.9. The molecule has 0 unspecified atom stereocenters. The van der Waals surface area contributed by atoms with Gasteiger partial charge in [-0.2, -0.15) is 0 Å². The maximum Gasteiger partial charge on any atom is 0.511 e. The van der Waals surface area contributed by atoms with Crippen molar-refractivity contribution in [3.63, 3.8) is 0 Å². The fourth-order valence-corrected chi connectivity index (χ4v) is 19.8. The van der Waals surface area contributed by atoms with Crippen molar-refractivity contribution in [2.45, 2.75) is 75.5 Å². The van der Waals surface area contributed by atoms with Crippen LogP contribution in [0, 0.1) is 0 Å². The molecule has 9 aliphatic heterocycles. The Morgan fingerprint density at radius 2 is 0.795 bits per heavy atom. The average molecular weight is 1640 g/mol. The van der Waals surface area contributed by atoms with Crippen molar-refractivity contribution in [1.82, 2.24) is 28.7 Å². The van der Waals surface area contributed by atoms with Crippen molar-refractivity contribution >= 4 is 100 Å². The number of aromatic hydroxyl groups is 1. The molecule has 3 amide bonds. The number of halogens is 3. The van der Waals surface area contributed by atoms with Gasteiger partial charge in [0.2, 0.25) is 41.4 Å². The summed E-state index contributed by atoms with van der Waals surface area (Å²) in [6.45, 7) is 3.47. The van der Waals surface area contributed by atoms with Crippen LogP contribution in [-0.2, 0) is 50.4 Å². The van der Waals surface area contributed by atoms with Gasteiger partial charge in [0.25, 0.3) is 17.7 Å². The lowest BCUT2D eigenvalue weighted by atomic mass is 9.93. The molecule has 18 rings (SSSR count). The van der Waals surface area contributed by atoms with E-state index in [1.54, 1.807) is 89.5 Å². The van der Waals surface area contributed by atoms with Crippen molar-refractivity contribution in [3.05, 3.63) is 277 Å². The number of ether oxygens (including phenoxy) is 9. The summed E-state index contributed by atoms with van der Waals surface area (Å²) in [5.74, 6) is 0.0427. The summed E-state index contributed by atoms with van der Waals surface area (Å²) in [6.07, 6.45) is 1.34. The monoisotopic (exact) mass is 1630 g/mol. The van der Waals surface area contributed by atoms with E-state index in [0.717, 1.165) is 89.1 Å². The number of morpholine rings is 3. The van der Waals surface area contributed by atoms with E-state index in [0.29, 0.717) is 61.1 Å². The second-order valence-electron chi connectivity index (χ2n) is 26.5. The molecule has 0 bridgehead atoms. The second kappa shape index (κ2) is 32.4. The maximum atomic E-state index is 13.9. The maximum absolute atomic E-state index is 13.9. The van der Waals surface area contributed by atoms with Crippen molar-refractivity contribution in [2.24, 2.45) is 0 Å². The van der Waals surface area contributed by atoms with E-state index in [9.17, 15) is 43.5 Å². The van der Waals surface area contributed by atoms with Gasteiger partial charge in [-0.1, -0.05) is 126 Å². The lowest BCUT2D eigenvalue weighted by Gasteiger charge is -2.51. The van der Waals surface area contributed by atoms with Gasteiger partial charge in [-0.05, 0) is 76.7 Å². The number of hydrogen-bond donors (Lipinski definition) is 1. The number of aromatic nitrogens is 3. The molecule has 0 aliphatic carbocycles. The van der Waals surface area contributed by atoms with Crippen molar-refractivity contribution in [2.75, 3.05) is 102 Å². The van der Waals surface area contributed by atoms with Gasteiger partial charge in [-0.15, -0.1) is 35.3 Å². The molecule has 112 heavy (non-hydrogen) atoms. The Hall–Kier alpha value is -10.3. The Labute approximate surface area is 667 Å². The van der Waals surface area contributed by atoms with E-state index in [-0.39, 0.29) is 72.2 Å². The van der Waals surface area contributed by atoms with Crippen LogP contribution in [0.4, 0.5) is 9.59 Å². The number of carbonyl (C=O) groups excluding carboxylic acids is 5. The normalized spacial score (nSPS) is 20.2. The van der Waals surface area contributed by atoms with Crippen LogP contribution < -0.4 is 40.8 Å². The standard InChI is InChI=1S/C28H26ClN3O7S.C27H24ClN3O7S.C24H20ClN3O4S/c1-2-37-28(35)39-16-38-26-20(33)10-11-31-25(26)27(34)30-12-13-36-14-22(30)32(31)24-18-7-3-4-9-21(18)40-15-17-6-5-8-19(29)23(17)24;1-35-27(34)38-15-37-25-19(32)9-10-30-24(25)26(33)29-11-12-36-13-21(29)31(30)23-17-6-2-3-8-20(17)39-14-16-5-4-7-18(28)22(16)23;25-16-6-3-4-14-13-33-18-7-2-1-5-15(18)21(20(14)16)28-19-12-32-11-10-26(19)24(31)22-23(30)17(29)8-9-27(22)28/h3-11,22,24H,2,12-16H2,1H3;2-10,21,23H,11-15H2,1H3;1-9,19,21,30H,10-13H2/t22-,24-;21-,23-;19-,21-/m111/s1. The van der Waals surface area contributed by atoms with Gasteiger partial charge in [0.1, 0.15) is 36.6 Å². The highest BCUT2D eigenvalue weighted by Gasteiger charge is 2.51. The van der Waals surface area contributed by atoms with Gasteiger partial charge in [0.15, 0.2) is 22.8 Å². The molecule has 33 heteroatoms. The quantitative estimate of drug-likeness (QED) is 0.0984. The smallest absolute Gasteiger partial charge is 0.502 e. The van der Waals surface area contributed by atoms with Crippen LogP contribution in [0.1, 0.15) is 107 Å². The summed E-state index contributed by atoms with van der Waals surface area (Å²) in [6, 6.07) is 44.7. The SMILES string of the molecule is CCOC(=O)OCOc1c2n(ccc1=O)N([C@@H]1c3ccccc3SCc3cccc(Cl)c31)[C@@H]1COCCN1C2=O.COC(=O)OCOc1c2n(ccc1=O)N([C@@H]1c3ccccc3SCc3cccc(Cl)c31)[C@@H]1COCCN1C2=O.O=C1c2c(O)c(=O)ccn2N([C@@H]2c3ccccc3SCc3cccc(Cl)c32)[C@@H]2COCCN12. The molecular weight excluding hydrogens is 1570 g/mol. The second-order valence-corrected chi connectivity index (χ2v) is 30.8. The van der Waals surface area contributed by atoms with E-state index >= 15 is 0 Å². The van der Waals surface area contributed by atoms with E-state index in [1.807, 2.05) is 87.8 Å². The largest absolute Gasteiger partial charge is 0.511 e. The first-order valence-electron chi connectivity index (χ1n) is 35.8. The lowest BCUT2D eigenvalue weighted by molar-refractivity contribution is -0.0212. The molecule has 27 nitrogen and oxygen atoms in total. The Balaban J connectivity index is 0.000000128. The van der Waals surface area contributed by atoms with Crippen molar-refractivity contribution in [1.29, 1.82) is 0 Å². The van der Waals surface area contributed by atoms with Gasteiger partial charge in [0.05, 0.1) is 53.4 Å². The molecule has 9 aliphatic rings. The molecule has 0 spiro atoms. The molecule has 9 aromatic rings. The summed E-state index contributed by atoms with van der Waals surface area (Å²) in [5, 5.41) is 18.6. The Kier molecular flexibility index (Phi) is 21.9. The number of carbonyl (C=O) groups is 5. The van der Waals surface area contributed by atoms with Crippen LogP contribution in [0.5, 0.6) is 17.2 Å². The van der Waals surface area contributed by atoms with Crippen LogP contribution in [0.15, 0.2) is 193 Å². The minimum absolute atomic E-state index is 0.0251. The molecule has 0 radical (unpaired) electrons. The number of hydrogen-bond acceptors (Lipinski definition) is 24. The molecule has 0 saturated carbocycles. The van der Waals surface area contributed by atoms with Crippen LogP contribution in [0.25, 0.3) is 0 Å². The number of methoxy groups -OCH3 is 1. The third-order valence-electron chi connectivity index (χ3n) is 20.5. The zero-order valence-corrected chi connectivity index (χ0v) is 64.6. The summed E-state index contributed by atoms with van der Waals surface area (Å²) < 4.78 is 52.7. The number of nitrogens with zero attached hydrogens (tertiary/aromatic N) is 9. The van der Waals surface area contributed by atoms with E-state index in [4.69, 9.17) is 72.7 Å². The summed E-state index contributed by atoms with van der Waals surface area (Å²) in [4.78, 5) is 111. The number of rotatable bonds is 10. The minimum atomic E-state index is -0.972. The topological polar surface area (TPSA) is 274 Å².